The molecular formula is C9H12N4O. The van der Waals surface area contributed by atoms with Crippen LogP contribution in [0.1, 0.15) is 11.5 Å². The van der Waals surface area contributed by atoms with Crippen LogP contribution in [0.3, 0.4) is 0 Å². The smallest absolute Gasteiger partial charge is 0.146 e. The lowest BCUT2D eigenvalue weighted by Gasteiger charge is -2.05. The van der Waals surface area contributed by atoms with Crippen LogP contribution in [0.4, 0.5) is 0 Å². The van der Waals surface area contributed by atoms with Gasteiger partial charge in [0.25, 0.3) is 0 Å². The third-order valence-electron chi connectivity index (χ3n) is 2.20. The highest BCUT2D eigenvalue weighted by Gasteiger charge is 2.04. The highest BCUT2D eigenvalue weighted by molar-refractivity contribution is 5.07. The first-order valence-corrected chi connectivity index (χ1v) is 4.39. The van der Waals surface area contributed by atoms with E-state index in [1.54, 1.807) is 4.68 Å². The minimum absolute atomic E-state index is 0.0465. The Morgan fingerprint density at radius 1 is 1.50 bits per heavy atom. The van der Waals surface area contributed by atoms with E-state index < -0.39 is 0 Å². The van der Waals surface area contributed by atoms with Gasteiger partial charge in [0.05, 0.1) is 13.2 Å². The standard InChI is InChI=1S/C9H12N4O/c1-12-9(10-7-11-12)5-13-4-2-3-8(13)6-14/h2-4,7,14H,5-6H2,1H3. The summed E-state index contributed by atoms with van der Waals surface area (Å²) in [6.45, 7) is 0.685. The number of aromatic nitrogens is 4. The van der Waals surface area contributed by atoms with Crippen LogP contribution >= 0.6 is 0 Å². The zero-order valence-electron chi connectivity index (χ0n) is 7.96. The Balaban J connectivity index is 2.22. The average molecular weight is 192 g/mol. The van der Waals surface area contributed by atoms with Crippen molar-refractivity contribution in [3.05, 3.63) is 36.2 Å². The van der Waals surface area contributed by atoms with Gasteiger partial charge >= 0.3 is 0 Å². The Kier molecular flexibility index (Phi) is 2.32. The summed E-state index contributed by atoms with van der Waals surface area (Å²) >= 11 is 0. The van der Waals surface area contributed by atoms with E-state index in [9.17, 15) is 0 Å². The van der Waals surface area contributed by atoms with Crippen LogP contribution in [0, 0.1) is 0 Å². The van der Waals surface area contributed by atoms with Crippen LogP contribution in [-0.4, -0.2) is 24.4 Å². The second-order valence-electron chi connectivity index (χ2n) is 3.09. The number of hydrogen-bond donors (Lipinski definition) is 1. The fourth-order valence-electron chi connectivity index (χ4n) is 1.36. The summed E-state index contributed by atoms with van der Waals surface area (Å²) in [5.41, 5.74) is 0.882. The van der Waals surface area contributed by atoms with E-state index in [2.05, 4.69) is 10.1 Å². The molecule has 0 aliphatic rings. The molecule has 0 atom stereocenters. The Hall–Kier alpha value is -1.62. The lowest BCUT2D eigenvalue weighted by atomic mass is 10.4. The Morgan fingerprint density at radius 3 is 3.00 bits per heavy atom. The molecule has 0 saturated carbocycles. The maximum Gasteiger partial charge on any atom is 0.146 e. The Morgan fingerprint density at radius 2 is 2.36 bits per heavy atom. The van der Waals surface area contributed by atoms with Crippen molar-refractivity contribution in [1.29, 1.82) is 0 Å². The molecule has 2 aromatic rings. The van der Waals surface area contributed by atoms with E-state index in [0.29, 0.717) is 6.54 Å². The first-order chi connectivity index (χ1) is 6.81. The lowest BCUT2D eigenvalue weighted by Crippen LogP contribution is -2.08. The van der Waals surface area contributed by atoms with Crippen molar-refractivity contribution in [3.8, 4) is 0 Å². The molecule has 14 heavy (non-hydrogen) atoms. The minimum atomic E-state index is 0.0465. The molecule has 0 aromatic carbocycles. The van der Waals surface area contributed by atoms with Gasteiger partial charge in [0, 0.05) is 18.9 Å². The number of aliphatic hydroxyl groups is 1. The van der Waals surface area contributed by atoms with Crippen molar-refractivity contribution < 1.29 is 5.11 Å². The average Bonchev–Trinajstić information content (AvgIpc) is 2.77. The van der Waals surface area contributed by atoms with E-state index in [1.165, 1.54) is 6.33 Å². The molecule has 0 spiro atoms. The van der Waals surface area contributed by atoms with Crippen molar-refractivity contribution in [2.45, 2.75) is 13.2 Å². The molecule has 2 aromatic heterocycles. The third kappa shape index (κ3) is 1.54. The monoisotopic (exact) mass is 192 g/mol. The number of aliphatic hydroxyl groups excluding tert-OH is 1. The van der Waals surface area contributed by atoms with E-state index in [1.807, 2.05) is 29.9 Å². The maximum atomic E-state index is 9.04. The molecule has 1 N–H and O–H groups in total. The van der Waals surface area contributed by atoms with Gasteiger partial charge in [-0.1, -0.05) is 0 Å². The van der Waals surface area contributed by atoms with E-state index >= 15 is 0 Å². The Bertz CT molecular complexity index is 418. The number of aryl methyl sites for hydroxylation is 1. The molecule has 0 unspecified atom stereocenters. The molecule has 0 fully saturated rings. The maximum absolute atomic E-state index is 9.04. The number of hydrogen-bond acceptors (Lipinski definition) is 3. The van der Waals surface area contributed by atoms with Gasteiger partial charge in [-0.3, -0.25) is 4.68 Å². The molecule has 5 nitrogen and oxygen atoms in total. The predicted molar refractivity (Wildman–Crippen MR) is 50.5 cm³/mol. The summed E-state index contributed by atoms with van der Waals surface area (Å²) in [5, 5.41) is 13.0. The Labute approximate surface area is 81.6 Å². The second kappa shape index (κ2) is 3.63. The quantitative estimate of drug-likeness (QED) is 0.753. The first kappa shape index (κ1) is 8.96. The van der Waals surface area contributed by atoms with Crippen LogP contribution in [0.2, 0.25) is 0 Å². The summed E-state index contributed by atoms with van der Waals surface area (Å²) in [5.74, 6) is 0.871. The van der Waals surface area contributed by atoms with Gasteiger partial charge in [-0.15, -0.1) is 0 Å². The lowest BCUT2D eigenvalue weighted by molar-refractivity contribution is 0.271. The zero-order valence-corrected chi connectivity index (χ0v) is 7.96. The first-order valence-electron chi connectivity index (χ1n) is 4.39. The second-order valence-corrected chi connectivity index (χ2v) is 3.09. The molecule has 0 bridgehead atoms. The van der Waals surface area contributed by atoms with Gasteiger partial charge in [0.2, 0.25) is 0 Å². The van der Waals surface area contributed by atoms with Gasteiger partial charge in [0.1, 0.15) is 12.2 Å². The minimum Gasteiger partial charge on any atom is -0.390 e. The molecule has 0 aliphatic heterocycles. The summed E-state index contributed by atoms with van der Waals surface area (Å²) in [4.78, 5) is 4.12. The summed E-state index contributed by atoms with van der Waals surface area (Å²) in [6.07, 6.45) is 3.44. The number of rotatable bonds is 3. The van der Waals surface area contributed by atoms with Crippen molar-refractivity contribution in [2.75, 3.05) is 0 Å². The molecule has 0 radical (unpaired) electrons. The van der Waals surface area contributed by atoms with Crippen molar-refractivity contribution >= 4 is 0 Å². The fraction of sp³-hybridized carbons (Fsp3) is 0.333. The van der Waals surface area contributed by atoms with Crippen LogP contribution in [-0.2, 0) is 20.2 Å². The molecule has 74 valence electrons. The van der Waals surface area contributed by atoms with E-state index in [-0.39, 0.29) is 6.61 Å². The van der Waals surface area contributed by atoms with Gasteiger partial charge in [0.15, 0.2) is 0 Å². The zero-order chi connectivity index (χ0) is 9.97. The van der Waals surface area contributed by atoms with Crippen LogP contribution in [0.15, 0.2) is 24.7 Å². The van der Waals surface area contributed by atoms with E-state index in [0.717, 1.165) is 11.5 Å². The molecule has 0 saturated heterocycles. The number of nitrogens with zero attached hydrogens (tertiary/aromatic N) is 4. The third-order valence-corrected chi connectivity index (χ3v) is 2.20. The summed E-state index contributed by atoms with van der Waals surface area (Å²) in [7, 11) is 1.85. The fourth-order valence-corrected chi connectivity index (χ4v) is 1.36. The van der Waals surface area contributed by atoms with Crippen molar-refractivity contribution in [1.82, 2.24) is 19.3 Å². The van der Waals surface area contributed by atoms with Gasteiger partial charge in [-0.2, -0.15) is 5.10 Å². The van der Waals surface area contributed by atoms with Gasteiger partial charge < -0.3 is 9.67 Å². The summed E-state index contributed by atoms with van der Waals surface area (Å²) < 4.78 is 3.67. The van der Waals surface area contributed by atoms with Crippen LogP contribution in [0.5, 0.6) is 0 Å². The van der Waals surface area contributed by atoms with Gasteiger partial charge in [-0.25, -0.2) is 4.98 Å². The van der Waals surface area contributed by atoms with Crippen LogP contribution < -0.4 is 0 Å². The molecular weight excluding hydrogens is 180 g/mol. The highest BCUT2D eigenvalue weighted by atomic mass is 16.3. The molecule has 0 amide bonds. The summed E-state index contributed by atoms with van der Waals surface area (Å²) in [6, 6.07) is 3.79. The molecule has 2 heterocycles. The molecule has 2 rings (SSSR count). The largest absolute Gasteiger partial charge is 0.390 e. The highest BCUT2D eigenvalue weighted by Crippen LogP contribution is 2.04. The van der Waals surface area contributed by atoms with Gasteiger partial charge in [-0.05, 0) is 12.1 Å². The van der Waals surface area contributed by atoms with Crippen LogP contribution in [0.25, 0.3) is 0 Å². The molecule has 0 aliphatic carbocycles. The topological polar surface area (TPSA) is 55.9 Å². The van der Waals surface area contributed by atoms with Crippen molar-refractivity contribution in [3.63, 3.8) is 0 Å². The predicted octanol–water partition coefficient (Wildman–Crippen LogP) is 0.157. The molecule has 5 heteroatoms. The normalized spacial score (nSPS) is 10.7. The van der Waals surface area contributed by atoms with E-state index in [4.69, 9.17) is 5.11 Å². The SMILES string of the molecule is Cn1ncnc1Cn1cccc1CO. The van der Waals surface area contributed by atoms with Crippen molar-refractivity contribution in [2.24, 2.45) is 7.05 Å².